The normalized spacial score (nSPS) is 9.57. The topological polar surface area (TPSA) is 26.3 Å². The van der Waals surface area contributed by atoms with Crippen molar-refractivity contribution in [1.82, 2.24) is 0 Å². The van der Waals surface area contributed by atoms with Crippen molar-refractivity contribution in [3.8, 4) is 0 Å². The van der Waals surface area contributed by atoms with Gasteiger partial charge in [-0.25, -0.2) is 4.39 Å². The number of rotatable bonds is 3. The van der Waals surface area contributed by atoms with E-state index in [0.29, 0.717) is 11.1 Å². The van der Waals surface area contributed by atoms with Crippen LogP contribution < -0.4 is 0 Å². The second-order valence-corrected chi connectivity index (χ2v) is 2.85. The first-order valence-electron chi connectivity index (χ1n) is 4.14. The van der Waals surface area contributed by atoms with E-state index >= 15 is 0 Å². The highest BCUT2D eigenvalue weighted by Crippen LogP contribution is 2.11. The van der Waals surface area contributed by atoms with Gasteiger partial charge < -0.3 is 4.74 Å². The molecule has 0 aliphatic heterocycles. The standard InChI is InChI=1S/C11H11FO2/c1-3-8-4-9(6-10(12)5-8)7-11(13)14-2/h3-6H,1,7H2,2H3. The zero-order valence-electron chi connectivity index (χ0n) is 7.92. The van der Waals surface area contributed by atoms with Gasteiger partial charge in [0.25, 0.3) is 0 Å². The smallest absolute Gasteiger partial charge is 0.309 e. The van der Waals surface area contributed by atoms with E-state index in [1.807, 2.05) is 0 Å². The second kappa shape index (κ2) is 4.56. The van der Waals surface area contributed by atoms with Crippen molar-refractivity contribution in [3.05, 3.63) is 41.7 Å². The third kappa shape index (κ3) is 2.69. The molecule has 1 aromatic rings. The minimum absolute atomic E-state index is 0.0785. The Bertz CT molecular complexity index is 358. The van der Waals surface area contributed by atoms with E-state index in [9.17, 15) is 9.18 Å². The van der Waals surface area contributed by atoms with E-state index in [-0.39, 0.29) is 18.2 Å². The van der Waals surface area contributed by atoms with Crippen LogP contribution in [0.15, 0.2) is 24.8 Å². The first kappa shape index (κ1) is 10.4. The lowest BCUT2D eigenvalue weighted by Gasteiger charge is -2.02. The van der Waals surface area contributed by atoms with Gasteiger partial charge in [-0.2, -0.15) is 0 Å². The van der Waals surface area contributed by atoms with Crippen molar-refractivity contribution in [2.75, 3.05) is 7.11 Å². The number of carbonyl (C=O) groups is 1. The van der Waals surface area contributed by atoms with Crippen LogP contribution in [0.2, 0.25) is 0 Å². The summed E-state index contributed by atoms with van der Waals surface area (Å²) < 4.78 is 17.4. The minimum Gasteiger partial charge on any atom is -0.469 e. The molecule has 0 aliphatic carbocycles. The van der Waals surface area contributed by atoms with Gasteiger partial charge in [-0.15, -0.1) is 0 Å². The molecule has 0 radical (unpaired) electrons. The maximum Gasteiger partial charge on any atom is 0.309 e. The van der Waals surface area contributed by atoms with Gasteiger partial charge in [-0.1, -0.05) is 18.7 Å². The molecule has 2 nitrogen and oxygen atoms in total. The molecule has 0 N–H and O–H groups in total. The second-order valence-electron chi connectivity index (χ2n) is 2.85. The molecule has 0 atom stereocenters. The molecule has 0 aromatic heterocycles. The fraction of sp³-hybridized carbons (Fsp3) is 0.182. The molecular weight excluding hydrogens is 183 g/mol. The number of ether oxygens (including phenoxy) is 1. The summed E-state index contributed by atoms with van der Waals surface area (Å²) in [6.07, 6.45) is 1.61. The lowest BCUT2D eigenvalue weighted by Crippen LogP contribution is -2.04. The molecule has 1 aromatic carbocycles. The van der Waals surface area contributed by atoms with Crippen LogP contribution >= 0.6 is 0 Å². The SMILES string of the molecule is C=Cc1cc(F)cc(CC(=O)OC)c1. The van der Waals surface area contributed by atoms with Gasteiger partial charge in [-0.05, 0) is 23.3 Å². The summed E-state index contributed by atoms with van der Waals surface area (Å²) >= 11 is 0. The quantitative estimate of drug-likeness (QED) is 0.689. The lowest BCUT2D eigenvalue weighted by molar-refractivity contribution is -0.139. The van der Waals surface area contributed by atoms with Crippen molar-refractivity contribution >= 4 is 12.0 Å². The molecule has 0 saturated carbocycles. The van der Waals surface area contributed by atoms with Gasteiger partial charge in [0.15, 0.2) is 0 Å². The fourth-order valence-electron chi connectivity index (χ4n) is 1.13. The first-order valence-corrected chi connectivity index (χ1v) is 4.14. The van der Waals surface area contributed by atoms with Crippen LogP contribution in [-0.4, -0.2) is 13.1 Å². The largest absolute Gasteiger partial charge is 0.469 e. The molecule has 0 aliphatic rings. The molecule has 0 fully saturated rings. The van der Waals surface area contributed by atoms with Crippen molar-refractivity contribution < 1.29 is 13.9 Å². The highest BCUT2D eigenvalue weighted by Gasteiger charge is 2.04. The Kier molecular flexibility index (Phi) is 3.40. The average molecular weight is 194 g/mol. The number of carbonyl (C=O) groups excluding carboxylic acids is 1. The monoisotopic (exact) mass is 194 g/mol. The zero-order valence-corrected chi connectivity index (χ0v) is 7.92. The number of hydrogen-bond donors (Lipinski definition) is 0. The highest BCUT2D eigenvalue weighted by atomic mass is 19.1. The third-order valence-corrected chi connectivity index (χ3v) is 1.79. The fourth-order valence-corrected chi connectivity index (χ4v) is 1.13. The molecule has 0 heterocycles. The van der Waals surface area contributed by atoms with Crippen LogP contribution in [0, 0.1) is 5.82 Å². The van der Waals surface area contributed by atoms with E-state index in [4.69, 9.17) is 0 Å². The number of methoxy groups -OCH3 is 1. The Morgan fingerprint density at radius 3 is 2.86 bits per heavy atom. The molecule has 0 saturated heterocycles. The van der Waals surface area contributed by atoms with E-state index in [1.165, 1.54) is 25.3 Å². The van der Waals surface area contributed by atoms with Crippen LogP contribution in [0.25, 0.3) is 6.08 Å². The van der Waals surface area contributed by atoms with Crippen LogP contribution in [0.3, 0.4) is 0 Å². The Hall–Kier alpha value is -1.64. The van der Waals surface area contributed by atoms with Gasteiger partial charge in [0, 0.05) is 0 Å². The maximum atomic E-state index is 13.0. The summed E-state index contributed by atoms with van der Waals surface area (Å²) in [5.74, 6) is -0.757. The number of esters is 1. The van der Waals surface area contributed by atoms with Crippen molar-refractivity contribution in [2.24, 2.45) is 0 Å². The summed E-state index contributed by atoms with van der Waals surface area (Å²) in [7, 11) is 1.30. The molecule has 1 rings (SSSR count). The van der Waals surface area contributed by atoms with Crippen LogP contribution in [0.5, 0.6) is 0 Å². The maximum absolute atomic E-state index is 13.0. The Balaban J connectivity index is 2.91. The molecule has 0 amide bonds. The Labute approximate surface area is 82.0 Å². The highest BCUT2D eigenvalue weighted by molar-refractivity contribution is 5.72. The Morgan fingerprint density at radius 2 is 2.29 bits per heavy atom. The summed E-state index contributed by atoms with van der Waals surface area (Å²) in [4.78, 5) is 10.9. The summed E-state index contributed by atoms with van der Waals surface area (Å²) in [6.45, 7) is 3.53. The zero-order chi connectivity index (χ0) is 10.6. The number of halogens is 1. The average Bonchev–Trinajstić information content (AvgIpc) is 2.16. The number of benzene rings is 1. The van der Waals surface area contributed by atoms with E-state index < -0.39 is 0 Å². The summed E-state index contributed by atoms with van der Waals surface area (Å²) in [6, 6.07) is 4.37. The predicted molar refractivity (Wildman–Crippen MR) is 52.2 cm³/mol. The van der Waals surface area contributed by atoms with Crippen LogP contribution in [0.1, 0.15) is 11.1 Å². The van der Waals surface area contributed by atoms with Crippen molar-refractivity contribution in [2.45, 2.75) is 6.42 Å². The molecule has 74 valence electrons. The molecule has 0 spiro atoms. The lowest BCUT2D eigenvalue weighted by atomic mass is 10.1. The third-order valence-electron chi connectivity index (χ3n) is 1.79. The Morgan fingerprint density at radius 1 is 1.57 bits per heavy atom. The van der Waals surface area contributed by atoms with Crippen LogP contribution in [0.4, 0.5) is 4.39 Å². The molecule has 14 heavy (non-hydrogen) atoms. The van der Waals surface area contributed by atoms with E-state index in [2.05, 4.69) is 11.3 Å². The van der Waals surface area contributed by atoms with Gasteiger partial charge in [-0.3, -0.25) is 4.79 Å². The van der Waals surface area contributed by atoms with Gasteiger partial charge in [0.2, 0.25) is 0 Å². The molecule has 0 unspecified atom stereocenters. The summed E-state index contributed by atoms with van der Waals surface area (Å²) in [5, 5.41) is 0. The van der Waals surface area contributed by atoms with Gasteiger partial charge >= 0.3 is 5.97 Å². The van der Waals surface area contributed by atoms with Crippen molar-refractivity contribution in [3.63, 3.8) is 0 Å². The molecular formula is C11H11FO2. The molecule has 0 bridgehead atoms. The predicted octanol–water partition coefficient (Wildman–Crippen LogP) is 2.18. The van der Waals surface area contributed by atoms with E-state index in [1.54, 1.807) is 6.07 Å². The molecule has 3 heteroatoms. The summed E-state index contributed by atoms with van der Waals surface area (Å²) in [5.41, 5.74) is 1.25. The van der Waals surface area contributed by atoms with E-state index in [0.717, 1.165) is 0 Å². The van der Waals surface area contributed by atoms with Crippen LogP contribution in [-0.2, 0) is 16.0 Å². The van der Waals surface area contributed by atoms with Gasteiger partial charge in [0.1, 0.15) is 5.82 Å². The minimum atomic E-state index is -0.384. The van der Waals surface area contributed by atoms with Gasteiger partial charge in [0.05, 0.1) is 13.5 Å². The first-order chi connectivity index (χ1) is 6.65. The van der Waals surface area contributed by atoms with Crippen molar-refractivity contribution in [1.29, 1.82) is 0 Å². The number of hydrogen-bond acceptors (Lipinski definition) is 2.